The number of carbonyl (C=O) groups is 1. The second kappa shape index (κ2) is 6.00. The molecule has 6 nitrogen and oxygen atoms in total. The van der Waals surface area contributed by atoms with E-state index in [4.69, 9.17) is 8.92 Å². The minimum absolute atomic E-state index is 0.105. The first-order valence-corrected chi connectivity index (χ1v) is 9.66. The molecular weight excluding hydrogens is 306 g/mol. The van der Waals surface area contributed by atoms with Crippen molar-refractivity contribution < 1.29 is 22.1 Å². The molecule has 0 unspecified atom stereocenters. The van der Waals surface area contributed by atoms with E-state index in [1.807, 2.05) is 20.8 Å². The zero-order valence-electron chi connectivity index (χ0n) is 13.9. The van der Waals surface area contributed by atoms with Crippen molar-refractivity contribution in [3.63, 3.8) is 0 Å². The first-order valence-electron chi connectivity index (χ1n) is 7.84. The number of nitrogens with zero attached hydrogens (tertiary/aromatic N) is 1. The second-order valence-electron chi connectivity index (χ2n) is 7.65. The van der Waals surface area contributed by atoms with E-state index in [0.29, 0.717) is 13.1 Å². The lowest BCUT2D eigenvalue weighted by Gasteiger charge is -2.36. The Balaban J connectivity index is 1.87. The van der Waals surface area contributed by atoms with Crippen LogP contribution >= 0.6 is 0 Å². The summed E-state index contributed by atoms with van der Waals surface area (Å²) in [5, 5.41) is 0. The predicted molar refractivity (Wildman–Crippen MR) is 83.0 cm³/mol. The first kappa shape index (κ1) is 17.5. The first-order chi connectivity index (χ1) is 9.98. The van der Waals surface area contributed by atoms with E-state index >= 15 is 0 Å². The van der Waals surface area contributed by atoms with Crippen LogP contribution in [-0.2, 0) is 19.0 Å². The fraction of sp³-hybridized carbons (Fsp3) is 0.933. The Hall–Kier alpha value is -0.820. The van der Waals surface area contributed by atoms with Crippen molar-refractivity contribution in [2.75, 3.05) is 19.3 Å². The van der Waals surface area contributed by atoms with Gasteiger partial charge in [0, 0.05) is 13.1 Å². The summed E-state index contributed by atoms with van der Waals surface area (Å²) in [4.78, 5) is 13.9. The van der Waals surface area contributed by atoms with Gasteiger partial charge in [-0.3, -0.25) is 4.18 Å². The van der Waals surface area contributed by atoms with Gasteiger partial charge in [0.1, 0.15) is 5.60 Å². The molecule has 0 N–H and O–H groups in total. The molecule has 1 saturated carbocycles. The largest absolute Gasteiger partial charge is 0.444 e. The number of hydrogen-bond donors (Lipinski definition) is 0. The van der Waals surface area contributed by atoms with Crippen molar-refractivity contribution in [1.29, 1.82) is 0 Å². The number of likely N-dealkylation sites (tertiary alicyclic amines) is 1. The molecule has 0 atom stereocenters. The third-order valence-corrected chi connectivity index (χ3v) is 5.02. The van der Waals surface area contributed by atoms with E-state index in [1.54, 1.807) is 4.90 Å². The molecule has 1 aliphatic heterocycles. The van der Waals surface area contributed by atoms with Crippen molar-refractivity contribution in [3.8, 4) is 0 Å². The minimum atomic E-state index is -3.39. The normalized spacial score (nSPS) is 29.8. The molecule has 0 aromatic carbocycles. The Morgan fingerprint density at radius 2 is 1.77 bits per heavy atom. The standard InChI is InChI=1S/C15H27NO5S/c1-14(2,3)20-13(17)16-10-9-15(11-16)7-5-12(6-8-15)21-22(4,18)19/h12H,5-11H2,1-4H3. The Labute approximate surface area is 133 Å². The van der Waals surface area contributed by atoms with Gasteiger partial charge >= 0.3 is 6.09 Å². The van der Waals surface area contributed by atoms with E-state index in [9.17, 15) is 13.2 Å². The fourth-order valence-corrected chi connectivity index (χ4v) is 4.06. The average molecular weight is 333 g/mol. The summed E-state index contributed by atoms with van der Waals surface area (Å²) < 4.78 is 32.9. The van der Waals surface area contributed by atoms with Crippen LogP contribution in [0.5, 0.6) is 0 Å². The van der Waals surface area contributed by atoms with Crippen LogP contribution < -0.4 is 0 Å². The van der Waals surface area contributed by atoms with Crippen LogP contribution in [0.3, 0.4) is 0 Å². The van der Waals surface area contributed by atoms with Gasteiger partial charge in [0.05, 0.1) is 12.4 Å². The molecule has 1 saturated heterocycles. The zero-order valence-corrected chi connectivity index (χ0v) is 14.7. The number of carbonyl (C=O) groups excluding carboxylic acids is 1. The van der Waals surface area contributed by atoms with E-state index in [0.717, 1.165) is 38.4 Å². The molecular formula is C15H27NO5S. The molecule has 2 rings (SSSR count). The third-order valence-electron chi connectivity index (χ3n) is 4.39. The molecule has 1 spiro atoms. The monoisotopic (exact) mass is 333 g/mol. The average Bonchev–Trinajstić information content (AvgIpc) is 2.73. The molecule has 0 aromatic rings. The zero-order chi connectivity index (χ0) is 16.6. The van der Waals surface area contributed by atoms with Gasteiger partial charge in [0.25, 0.3) is 10.1 Å². The number of hydrogen-bond acceptors (Lipinski definition) is 5. The van der Waals surface area contributed by atoms with Gasteiger partial charge in [0.15, 0.2) is 0 Å². The minimum Gasteiger partial charge on any atom is -0.444 e. The van der Waals surface area contributed by atoms with Gasteiger partial charge in [-0.1, -0.05) is 0 Å². The van der Waals surface area contributed by atoms with Gasteiger partial charge in [-0.25, -0.2) is 4.79 Å². The summed E-state index contributed by atoms with van der Waals surface area (Å²) in [5.74, 6) is 0. The third kappa shape index (κ3) is 4.84. The Morgan fingerprint density at radius 1 is 1.18 bits per heavy atom. The lowest BCUT2D eigenvalue weighted by atomic mass is 9.73. The Morgan fingerprint density at radius 3 is 2.27 bits per heavy atom. The van der Waals surface area contributed by atoms with E-state index in [1.165, 1.54) is 0 Å². The molecule has 7 heteroatoms. The van der Waals surface area contributed by atoms with Crippen LogP contribution in [0.4, 0.5) is 4.79 Å². The van der Waals surface area contributed by atoms with Crippen LogP contribution in [0.2, 0.25) is 0 Å². The number of amides is 1. The van der Waals surface area contributed by atoms with Crippen LogP contribution in [0, 0.1) is 5.41 Å². The van der Waals surface area contributed by atoms with E-state index < -0.39 is 15.7 Å². The summed E-state index contributed by atoms with van der Waals surface area (Å²) >= 11 is 0. The highest BCUT2D eigenvalue weighted by Gasteiger charge is 2.43. The molecule has 0 aromatic heterocycles. The summed E-state index contributed by atoms with van der Waals surface area (Å²) in [7, 11) is -3.39. The maximum Gasteiger partial charge on any atom is 0.410 e. The topological polar surface area (TPSA) is 72.9 Å². The van der Waals surface area contributed by atoms with Crippen LogP contribution in [-0.4, -0.2) is 50.5 Å². The van der Waals surface area contributed by atoms with Gasteiger partial charge in [-0.15, -0.1) is 0 Å². The SMILES string of the molecule is CC(C)(C)OC(=O)N1CCC2(CCC(OS(C)(=O)=O)CC2)C1. The Kier molecular flexibility index (Phi) is 4.78. The molecule has 1 amide bonds. The summed E-state index contributed by atoms with van der Waals surface area (Å²) in [5.41, 5.74) is -0.373. The summed E-state index contributed by atoms with van der Waals surface area (Å²) in [6.45, 7) is 7.01. The molecule has 1 aliphatic carbocycles. The van der Waals surface area contributed by atoms with Crippen LogP contribution in [0.25, 0.3) is 0 Å². The maximum atomic E-state index is 12.1. The highest BCUT2D eigenvalue weighted by molar-refractivity contribution is 7.86. The van der Waals surface area contributed by atoms with Crippen molar-refractivity contribution in [1.82, 2.24) is 4.90 Å². The van der Waals surface area contributed by atoms with Gasteiger partial charge < -0.3 is 9.64 Å². The van der Waals surface area contributed by atoms with E-state index in [-0.39, 0.29) is 17.6 Å². The summed E-state index contributed by atoms with van der Waals surface area (Å²) in [6.07, 6.45) is 4.84. The maximum absolute atomic E-state index is 12.1. The lowest BCUT2D eigenvalue weighted by molar-refractivity contribution is 0.0244. The van der Waals surface area contributed by atoms with E-state index in [2.05, 4.69) is 0 Å². The molecule has 2 fully saturated rings. The number of rotatable bonds is 2. The van der Waals surface area contributed by atoms with Crippen molar-refractivity contribution in [2.45, 2.75) is 64.6 Å². The van der Waals surface area contributed by atoms with Crippen molar-refractivity contribution in [2.24, 2.45) is 5.41 Å². The Bertz CT molecular complexity index is 515. The highest BCUT2D eigenvalue weighted by atomic mass is 32.2. The highest BCUT2D eigenvalue weighted by Crippen LogP contribution is 2.44. The molecule has 0 radical (unpaired) electrons. The van der Waals surface area contributed by atoms with Gasteiger partial charge in [-0.05, 0) is 58.3 Å². The number of ether oxygens (including phenoxy) is 1. The quantitative estimate of drug-likeness (QED) is 0.726. The lowest BCUT2D eigenvalue weighted by Crippen LogP contribution is -2.38. The molecule has 2 aliphatic rings. The molecule has 1 heterocycles. The van der Waals surface area contributed by atoms with Crippen molar-refractivity contribution in [3.05, 3.63) is 0 Å². The molecule has 0 bridgehead atoms. The molecule has 128 valence electrons. The second-order valence-corrected chi connectivity index (χ2v) is 9.25. The summed E-state index contributed by atoms with van der Waals surface area (Å²) in [6, 6.07) is 0. The van der Waals surface area contributed by atoms with Gasteiger partial charge in [0.2, 0.25) is 0 Å². The van der Waals surface area contributed by atoms with Crippen LogP contribution in [0.1, 0.15) is 52.9 Å². The fourth-order valence-electron chi connectivity index (χ4n) is 3.37. The van der Waals surface area contributed by atoms with Crippen molar-refractivity contribution >= 4 is 16.2 Å². The predicted octanol–water partition coefficient (Wildman–Crippen LogP) is 2.53. The molecule has 22 heavy (non-hydrogen) atoms. The van der Waals surface area contributed by atoms with Crippen LogP contribution in [0.15, 0.2) is 0 Å². The van der Waals surface area contributed by atoms with Gasteiger partial charge in [-0.2, -0.15) is 8.42 Å². The smallest absolute Gasteiger partial charge is 0.410 e.